The molecule has 0 aliphatic rings. The monoisotopic (exact) mass is 495 g/mol. The van der Waals surface area contributed by atoms with Crippen molar-refractivity contribution in [3.63, 3.8) is 0 Å². The number of carbonyl (C=O) groups excluding carboxylic acids is 1. The van der Waals surface area contributed by atoms with Crippen LogP contribution in [0.4, 0.5) is 10.1 Å². The molecule has 172 valence electrons. The third-order valence-corrected chi connectivity index (χ3v) is 5.47. The van der Waals surface area contributed by atoms with Gasteiger partial charge in [-0.1, -0.05) is 29.3 Å². The van der Waals surface area contributed by atoms with E-state index in [4.69, 9.17) is 37.4 Å². The van der Waals surface area contributed by atoms with E-state index in [9.17, 15) is 19.3 Å². The molecule has 0 saturated heterocycles. The molecular formula is C22H18Cl2FN2O6+. The van der Waals surface area contributed by atoms with Gasteiger partial charge in [0, 0.05) is 18.1 Å². The van der Waals surface area contributed by atoms with Crippen LogP contribution in [0.2, 0.25) is 10.0 Å². The average Bonchev–Trinajstić information content (AvgIpc) is 2.79. The molecule has 8 nitrogen and oxygen atoms in total. The molecule has 3 aromatic rings. The first kappa shape index (κ1) is 24.2. The predicted molar refractivity (Wildman–Crippen MR) is 117 cm³/mol. The van der Waals surface area contributed by atoms with Crippen molar-refractivity contribution in [2.75, 3.05) is 14.2 Å². The number of hydrogen-bond acceptors (Lipinski definition) is 6. The molecule has 1 heterocycles. The second-order valence-corrected chi connectivity index (χ2v) is 7.58. The van der Waals surface area contributed by atoms with E-state index in [2.05, 4.69) is 4.98 Å². The number of pyridine rings is 1. The van der Waals surface area contributed by atoms with Crippen LogP contribution in [-0.2, 0) is 11.2 Å². The van der Waals surface area contributed by atoms with Crippen LogP contribution in [0.15, 0.2) is 48.8 Å². The zero-order valence-electron chi connectivity index (χ0n) is 17.4. The highest BCUT2D eigenvalue weighted by molar-refractivity contribution is 6.35. The van der Waals surface area contributed by atoms with Crippen LogP contribution in [0.5, 0.6) is 11.5 Å². The Kier molecular flexibility index (Phi) is 7.67. The molecule has 0 amide bonds. The SMILES string of the molecule is COc1ccc([C@H](Cc2c(Cl)c[nH+]cc2Cl)OC(=O)c2ccc([N+](=O)[O-])c(F)c2)cc1OC. The van der Waals surface area contributed by atoms with Crippen molar-refractivity contribution in [2.24, 2.45) is 0 Å². The van der Waals surface area contributed by atoms with Crippen molar-refractivity contribution >= 4 is 34.9 Å². The Morgan fingerprint density at radius 1 is 1.09 bits per heavy atom. The molecule has 0 bridgehead atoms. The first-order valence-electron chi connectivity index (χ1n) is 9.46. The summed E-state index contributed by atoms with van der Waals surface area (Å²) >= 11 is 12.5. The molecule has 0 radical (unpaired) electrons. The molecule has 0 unspecified atom stereocenters. The van der Waals surface area contributed by atoms with Gasteiger partial charge in [-0.05, 0) is 29.8 Å². The summed E-state index contributed by atoms with van der Waals surface area (Å²) in [6.45, 7) is 0. The van der Waals surface area contributed by atoms with E-state index >= 15 is 0 Å². The minimum Gasteiger partial charge on any atom is -0.493 e. The van der Waals surface area contributed by atoms with E-state index < -0.39 is 28.5 Å². The maximum absolute atomic E-state index is 14.0. The summed E-state index contributed by atoms with van der Waals surface area (Å²) in [5, 5.41) is 11.5. The number of nitrogens with zero attached hydrogens (tertiary/aromatic N) is 1. The molecular weight excluding hydrogens is 478 g/mol. The van der Waals surface area contributed by atoms with Gasteiger partial charge in [0.1, 0.15) is 16.1 Å². The number of H-pyrrole nitrogens is 1. The maximum Gasteiger partial charge on any atom is 0.338 e. The number of halogens is 3. The lowest BCUT2D eigenvalue weighted by Gasteiger charge is -2.20. The summed E-state index contributed by atoms with van der Waals surface area (Å²) in [4.78, 5) is 25.6. The maximum atomic E-state index is 14.0. The summed E-state index contributed by atoms with van der Waals surface area (Å²) in [6.07, 6.45) is 2.24. The molecule has 0 aliphatic heterocycles. The van der Waals surface area contributed by atoms with Crippen LogP contribution in [0.1, 0.15) is 27.6 Å². The number of methoxy groups -OCH3 is 2. The molecule has 0 fully saturated rings. The topological polar surface area (TPSA) is 102 Å². The number of hydrogen-bond donors (Lipinski definition) is 0. The van der Waals surface area contributed by atoms with Gasteiger partial charge in [0.05, 0.1) is 24.7 Å². The number of esters is 1. The highest BCUT2D eigenvalue weighted by atomic mass is 35.5. The number of ether oxygens (including phenoxy) is 3. The average molecular weight is 496 g/mol. The van der Waals surface area contributed by atoms with Crippen molar-refractivity contribution in [1.29, 1.82) is 0 Å². The molecule has 1 N–H and O–H groups in total. The Balaban J connectivity index is 1.99. The fourth-order valence-electron chi connectivity index (χ4n) is 3.12. The highest BCUT2D eigenvalue weighted by Gasteiger charge is 2.25. The summed E-state index contributed by atoms with van der Waals surface area (Å²) in [5.74, 6) is -1.18. The van der Waals surface area contributed by atoms with Gasteiger partial charge < -0.3 is 14.2 Å². The van der Waals surface area contributed by atoms with Crippen molar-refractivity contribution in [1.82, 2.24) is 0 Å². The van der Waals surface area contributed by atoms with E-state index in [1.165, 1.54) is 26.6 Å². The number of aromatic amines is 1. The molecule has 1 aromatic heterocycles. The highest BCUT2D eigenvalue weighted by Crippen LogP contribution is 2.35. The number of rotatable bonds is 8. The van der Waals surface area contributed by atoms with Gasteiger partial charge in [-0.25, -0.2) is 9.78 Å². The predicted octanol–water partition coefficient (Wildman–Crippen LogP) is 5.01. The van der Waals surface area contributed by atoms with Crippen LogP contribution in [-0.4, -0.2) is 25.1 Å². The van der Waals surface area contributed by atoms with Crippen molar-refractivity contribution < 1.29 is 33.3 Å². The molecule has 1 atom stereocenters. The zero-order chi connectivity index (χ0) is 24.1. The fourth-order valence-corrected chi connectivity index (χ4v) is 3.65. The largest absolute Gasteiger partial charge is 0.493 e. The minimum absolute atomic E-state index is 0.0863. The van der Waals surface area contributed by atoms with E-state index in [-0.39, 0.29) is 12.0 Å². The lowest BCUT2D eigenvalue weighted by atomic mass is 10.0. The first-order chi connectivity index (χ1) is 15.7. The number of aromatic nitrogens is 1. The van der Waals surface area contributed by atoms with Crippen LogP contribution in [0, 0.1) is 15.9 Å². The van der Waals surface area contributed by atoms with Gasteiger partial charge in [-0.2, -0.15) is 4.39 Å². The van der Waals surface area contributed by atoms with Crippen molar-refractivity contribution in [2.45, 2.75) is 12.5 Å². The van der Waals surface area contributed by atoms with E-state index in [1.54, 1.807) is 18.2 Å². The van der Waals surface area contributed by atoms with Crippen LogP contribution in [0.25, 0.3) is 0 Å². The van der Waals surface area contributed by atoms with E-state index in [0.717, 1.165) is 18.2 Å². The molecule has 0 aliphatic carbocycles. The van der Waals surface area contributed by atoms with Crippen LogP contribution < -0.4 is 14.5 Å². The molecule has 33 heavy (non-hydrogen) atoms. The third kappa shape index (κ3) is 5.50. The molecule has 2 aromatic carbocycles. The van der Waals surface area contributed by atoms with Gasteiger partial charge in [0.2, 0.25) is 5.82 Å². The summed E-state index contributed by atoms with van der Waals surface area (Å²) in [7, 11) is 2.95. The number of nitro benzene ring substituents is 1. The van der Waals surface area contributed by atoms with Gasteiger partial charge >= 0.3 is 11.7 Å². The normalized spacial score (nSPS) is 11.5. The quantitative estimate of drug-likeness (QED) is 0.247. The van der Waals surface area contributed by atoms with Gasteiger partial charge in [0.15, 0.2) is 23.9 Å². The Bertz CT molecular complexity index is 1190. The third-order valence-electron chi connectivity index (χ3n) is 4.79. The molecule has 11 heteroatoms. The van der Waals surface area contributed by atoms with Crippen LogP contribution >= 0.6 is 23.2 Å². The Hall–Kier alpha value is -3.43. The minimum atomic E-state index is -1.15. The molecule has 3 rings (SSSR count). The van der Waals surface area contributed by atoms with Gasteiger partial charge in [-0.3, -0.25) is 10.1 Å². The van der Waals surface area contributed by atoms with Gasteiger partial charge in [0.25, 0.3) is 0 Å². The van der Waals surface area contributed by atoms with Crippen molar-refractivity contribution in [3.8, 4) is 11.5 Å². The Labute approximate surface area is 198 Å². The number of benzene rings is 2. The first-order valence-corrected chi connectivity index (χ1v) is 10.2. The Morgan fingerprint density at radius 3 is 2.33 bits per heavy atom. The summed E-state index contributed by atoms with van der Waals surface area (Å²) < 4.78 is 30.3. The Morgan fingerprint density at radius 2 is 1.76 bits per heavy atom. The second kappa shape index (κ2) is 10.5. The number of nitrogens with one attached hydrogen (secondary N) is 1. The molecule has 0 spiro atoms. The lowest BCUT2D eigenvalue weighted by Crippen LogP contribution is -2.16. The second-order valence-electron chi connectivity index (χ2n) is 6.77. The fraction of sp³-hybridized carbons (Fsp3) is 0.182. The van der Waals surface area contributed by atoms with E-state index in [1.807, 2.05) is 0 Å². The van der Waals surface area contributed by atoms with E-state index in [0.29, 0.717) is 32.7 Å². The number of nitro groups is 1. The summed E-state index contributed by atoms with van der Waals surface area (Å²) in [5.41, 5.74) is 0.104. The van der Waals surface area contributed by atoms with Gasteiger partial charge in [-0.15, -0.1) is 0 Å². The zero-order valence-corrected chi connectivity index (χ0v) is 18.9. The molecule has 0 saturated carbocycles. The lowest BCUT2D eigenvalue weighted by molar-refractivity contribution is -0.387. The standard InChI is InChI=1S/C22H17Cl2FN2O6/c1-31-19-6-4-12(8-21(19)32-2)20(9-14-15(23)10-26-11-16(14)24)33-22(28)13-3-5-18(27(29)30)17(25)7-13/h3-8,10-11,20H,9H2,1-2H3/p+1/t20-/m0/s1. The smallest absolute Gasteiger partial charge is 0.338 e. The summed E-state index contributed by atoms with van der Waals surface area (Å²) in [6, 6.07) is 7.72. The number of carbonyl (C=O) groups is 1. The van der Waals surface area contributed by atoms with Crippen molar-refractivity contribution in [3.05, 3.63) is 91.5 Å². The van der Waals surface area contributed by atoms with Crippen LogP contribution in [0.3, 0.4) is 0 Å².